The quantitative estimate of drug-likeness (QED) is 0.331. The van der Waals surface area contributed by atoms with Crippen LogP contribution in [0.1, 0.15) is 20.3 Å². The van der Waals surface area contributed by atoms with Gasteiger partial charge < -0.3 is 19.7 Å². The summed E-state index contributed by atoms with van der Waals surface area (Å²) in [6.07, 6.45) is 0.740. The Morgan fingerprint density at radius 3 is 2.70 bits per heavy atom. The lowest BCUT2D eigenvalue weighted by atomic mass is 10.2. The Morgan fingerprint density at radius 2 is 2.05 bits per heavy atom. The van der Waals surface area contributed by atoms with Crippen molar-refractivity contribution in [3.63, 3.8) is 0 Å². The number of nitrogens with zero attached hydrogens (tertiary/aromatic N) is 2. The topological polar surface area (TPSA) is 81.2 Å². The first-order valence-electron chi connectivity index (χ1n) is 6.24. The van der Waals surface area contributed by atoms with E-state index >= 15 is 0 Å². The van der Waals surface area contributed by atoms with Crippen LogP contribution in [0, 0.1) is 0 Å². The van der Waals surface area contributed by atoms with Crippen molar-refractivity contribution < 1.29 is 23.8 Å². The largest absolute Gasteiger partial charge is 0.497 e. The van der Waals surface area contributed by atoms with Crippen molar-refractivity contribution in [2.45, 2.75) is 32.5 Å². The third-order valence-electron chi connectivity index (χ3n) is 2.52. The Bertz CT molecular complexity index is 498. The Morgan fingerprint density at radius 1 is 1.35 bits per heavy atom. The molecule has 6 heteroatoms. The third-order valence-corrected chi connectivity index (χ3v) is 2.52. The molecule has 0 spiro atoms. The number of ether oxygens (including phenoxy) is 3. The number of hydrogen-bond acceptors (Lipinski definition) is 4. The van der Waals surface area contributed by atoms with E-state index in [1.165, 1.54) is 0 Å². The molecule has 20 heavy (non-hydrogen) atoms. The molecule has 1 aromatic carbocycles. The molecule has 0 N–H and O–H groups in total. The lowest BCUT2D eigenvalue weighted by Crippen LogP contribution is -2.23. The zero-order chi connectivity index (χ0) is 15.0. The van der Waals surface area contributed by atoms with Crippen LogP contribution in [0.2, 0.25) is 0 Å². The maximum Gasteiger partial charge on any atom is 0.413 e. The predicted molar refractivity (Wildman–Crippen MR) is 72.9 cm³/mol. The van der Waals surface area contributed by atoms with Gasteiger partial charge in [0.05, 0.1) is 13.2 Å². The van der Waals surface area contributed by atoms with E-state index in [2.05, 4.69) is 4.79 Å². The van der Waals surface area contributed by atoms with Crippen molar-refractivity contribution in [3.05, 3.63) is 29.8 Å². The molecule has 0 heterocycles. The van der Waals surface area contributed by atoms with E-state index < -0.39 is 5.97 Å². The highest BCUT2D eigenvalue weighted by molar-refractivity contribution is 6.20. The lowest BCUT2D eigenvalue weighted by molar-refractivity contribution is -0.144. The van der Waals surface area contributed by atoms with Crippen molar-refractivity contribution in [2.75, 3.05) is 7.11 Å². The van der Waals surface area contributed by atoms with E-state index in [1.807, 2.05) is 25.1 Å². The smallest absolute Gasteiger partial charge is 0.413 e. The first kappa shape index (κ1) is 15.7. The Hall–Kier alpha value is -2.33. The second kappa shape index (κ2) is 7.96. The molecule has 0 aromatic heterocycles. The van der Waals surface area contributed by atoms with E-state index in [4.69, 9.17) is 19.7 Å². The van der Waals surface area contributed by atoms with Crippen molar-refractivity contribution >= 4 is 12.2 Å². The van der Waals surface area contributed by atoms with Crippen LogP contribution in [0.3, 0.4) is 0 Å². The normalized spacial score (nSPS) is 12.8. The van der Waals surface area contributed by atoms with Crippen LogP contribution in [0.4, 0.5) is 0 Å². The molecule has 0 aliphatic heterocycles. The summed E-state index contributed by atoms with van der Waals surface area (Å²) >= 11 is 0. The molecule has 1 rings (SSSR count). The summed E-state index contributed by atoms with van der Waals surface area (Å²) in [6, 6.07) is 7.28. The predicted octanol–water partition coefficient (Wildman–Crippen LogP) is 2.08. The Kier molecular flexibility index (Phi) is 6.26. The molecule has 6 nitrogen and oxygen atoms in total. The number of rotatable bonds is 7. The lowest BCUT2D eigenvalue weighted by Gasteiger charge is -2.18. The average molecular weight is 278 g/mol. The molecule has 0 saturated heterocycles. The molecular formula is C14H18N2O4. The summed E-state index contributed by atoms with van der Waals surface area (Å²) in [5.41, 5.74) is 8.21. The molecule has 0 radical (unpaired) electrons. The number of esters is 1. The first-order valence-corrected chi connectivity index (χ1v) is 6.24. The molecular weight excluding hydrogens is 260 g/mol. The molecule has 0 bridgehead atoms. The molecule has 0 saturated carbocycles. The highest BCUT2D eigenvalue weighted by Gasteiger charge is 2.15. The Labute approximate surface area is 117 Å². The Balaban J connectivity index is 2.47. The van der Waals surface area contributed by atoms with Gasteiger partial charge in [0, 0.05) is 12.5 Å². The molecule has 0 unspecified atom stereocenters. The van der Waals surface area contributed by atoms with Gasteiger partial charge in [0.15, 0.2) is 0 Å². The summed E-state index contributed by atoms with van der Waals surface area (Å²) in [7, 11) is 1.59. The number of hydrogen-bond donors (Lipinski definition) is 0. The zero-order valence-corrected chi connectivity index (χ0v) is 11.8. The minimum atomic E-state index is -0.686. The molecule has 1 aromatic rings. The minimum Gasteiger partial charge on any atom is -0.497 e. The highest BCUT2D eigenvalue weighted by Crippen LogP contribution is 2.21. The van der Waals surface area contributed by atoms with E-state index in [-0.39, 0.29) is 12.2 Å². The SMILES string of the molecule is COc1cccc(O[C@@H](C)C[C@@H](C)OC(=O)C=[N+]=[N-])c1. The van der Waals surface area contributed by atoms with E-state index in [0.717, 1.165) is 0 Å². The number of carbonyl (C=O) groups excluding carboxylic acids is 1. The number of methoxy groups -OCH3 is 1. The molecule has 0 aliphatic carbocycles. The maximum atomic E-state index is 11.1. The van der Waals surface area contributed by atoms with Crippen molar-refractivity contribution in [2.24, 2.45) is 0 Å². The first-order chi connectivity index (χ1) is 9.55. The molecule has 2 atom stereocenters. The van der Waals surface area contributed by atoms with Gasteiger partial charge in [-0.3, -0.25) is 0 Å². The number of benzene rings is 1. The fourth-order valence-electron chi connectivity index (χ4n) is 1.75. The molecule has 0 aliphatic rings. The van der Waals surface area contributed by atoms with Gasteiger partial charge in [-0.25, -0.2) is 4.79 Å². The summed E-state index contributed by atoms with van der Waals surface area (Å²) in [4.78, 5) is 13.7. The van der Waals surface area contributed by atoms with Crippen LogP contribution in [0.15, 0.2) is 24.3 Å². The van der Waals surface area contributed by atoms with Crippen LogP contribution in [0.5, 0.6) is 11.5 Å². The van der Waals surface area contributed by atoms with E-state index in [1.54, 1.807) is 20.1 Å². The second-order valence-corrected chi connectivity index (χ2v) is 4.34. The second-order valence-electron chi connectivity index (χ2n) is 4.34. The zero-order valence-electron chi connectivity index (χ0n) is 11.8. The van der Waals surface area contributed by atoms with Gasteiger partial charge in [-0.2, -0.15) is 4.79 Å². The van der Waals surface area contributed by atoms with Crippen LogP contribution >= 0.6 is 0 Å². The van der Waals surface area contributed by atoms with Gasteiger partial charge in [-0.05, 0) is 26.0 Å². The summed E-state index contributed by atoms with van der Waals surface area (Å²) in [5.74, 6) is 0.717. The van der Waals surface area contributed by atoms with Crippen molar-refractivity contribution in [1.29, 1.82) is 0 Å². The molecule has 108 valence electrons. The molecule has 0 fully saturated rings. The maximum absolute atomic E-state index is 11.1. The van der Waals surface area contributed by atoms with Gasteiger partial charge in [0.2, 0.25) is 0 Å². The molecule has 0 amide bonds. The van der Waals surface area contributed by atoms with E-state index in [0.29, 0.717) is 24.1 Å². The van der Waals surface area contributed by atoms with Gasteiger partial charge >= 0.3 is 12.2 Å². The van der Waals surface area contributed by atoms with Gasteiger partial charge in [-0.1, -0.05) is 6.07 Å². The fraction of sp³-hybridized carbons (Fsp3) is 0.429. The fourth-order valence-corrected chi connectivity index (χ4v) is 1.75. The third kappa shape index (κ3) is 5.54. The van der Waals surface area contributed by atoms with Crippen LogP contribution in [0.25, 0.3) is 5.53 Å². The summed E-state index contributed by atoms with van der Waals surface area (Å²) in [6.45, 7) is 3.62. The summed E-state index contributed by atoms with van der Waals surface area (Å²) in [5, 5.41) is 0. The van der Waals surface area contributed by atoms with Gasteiger partial charge in [0.25, 0.3) is 0 Å². The van der Waals surface area contributed by atoms with Crippen LogP contribution in [-0.2, 0) is 9.53 Å². The van der Waals surface area contributed by atoms with Crippen molar-refractivity contribution in [3.8, 4) is 11.5 Å². The highest BCUT2D eigenvalue weighted by atomic mass is 16.5. The van der Waals surface area contributed by atoms with Crippen LogP contribution in [-0.4, -0.2) is 36.3 Å². The van der Waals surface area contributed by atoms with Crippen LogP contribution < -0.4 is 9.47 Å². The van der Waals surface area contributed by atoms with Crippen molar-refractivity contribution in [1.82, 2.24) is 0 Å². The number of carbonyl (C=O) groups is 1. The monoisotopic (exact) mass is 278 g/mol. The summed E-state index contributed by atoms with van der Waals surface area (Å²) < 4.78 is 15.8. The minimum absolute atomic E-state index is 0.143. The van der Waals surface area contributed by atoms with E-state index in [9.17, 15) is 4.79 Å². The average Bonchev–Trinajstić information content (AvgIpc) is 2.38. The van der Waals surface area contributed by atoms with Gasteiger partial charge in [0.1, 0.15) is 17.6 Å². The van der Waals surface area contributed by atoms with Gasteiger partial charge in [-0.15, -0.1) is 0 Å². The standard InChI is InChI=1S/C14H18N2O4/c1-10(7-11(2)20-14(17)9-16-15)19-13-6-4-5-12(8-13)18-3/h4-6,8-11H,7H2,1-3H3/t10-,11+/m0/s1.